The van der Waals surface area contributed by atoms with Gasteiger partial charge in [-0.1, -0.05) is 57.0 Å². The summed E-state index contributed by atoms with van der Waals surface area (Å²) in [5.74, 6) is 0.509. The van der Waals surface area contributed by atoms with E-state index < -0.39 is 9.28 Å². The molecule has 2 unspecified atom stereocenters. The molecule has 0 fully saturated rings. The van der Waals surface area contributed by atoms with Crippen molar-refractivity contribution in [2.45, 2.75) is 44.6 Å². The quantitative estimate of drug-likeness (QED) is 0.665. The van der Waals surface area contributed by atoms with Crippen LogP contribution in [0.15, 0.2) is 30.3 Å². The fourth-order valence-electron chi connectivity index (χ4n) is 2.51. The van der Waals surface area contributed by atoms with Gasteiger partial charge in [0, 0.05) is 19.8 Å². The predicted molar refractivity (Wildman–Crippen MR) is 79.3 cm³/mol. The van der Waals surface area contributed by atoms with Gasteiger partial charge in [-0.15, -0.1) is 0 Å². The first-order valence-corrected chi connectivity index (χ1v) is 8.46. The zero-order valence-corrected chi connectivity index (χ0v) is 13.2. The molecule has 3 heteroatoms. The lowest BCUT2D eigenvalue weighted by Gasteiger charge is -2.28. The first-order valence-electron chi connectivity index (χ1n) is 6.85. The van der Waals surface area contributed by atoms with Crippen LogP contribution < -0.4 is 0 Å². The molecule has 0 saturated heterocycles. The Morgan fingerprint density at radius 1 is 1.11 bits per heavy atom. The maximum absolute atomic E-state index is 5.62. The third kappa shape index (κ3) is 4.23. The molecule has 0 heterocycles. The van der Waals surface area contributed by atoms with Gasteiger partial charge in [-0.25, -0.2) is 0 Å². The van der Waals surface area contributed by atoms with Crippen LogP contribution >= 0.6 is 0 Å². The molecule has 1 rings (SSSR count). The first-order chi connectivity index (χ1) is 8.74. The Morgan fingerprint density at radius 3 is 2.22 bits per heavy atom. The normalized spacial score (nSPS) is 14.7. The van der Waals surface area contributed by atoms with Crippen LogP contribution in [-0.4, -0.2) is 23.5 Å². The van der Waals surface area contributed by atoms with Gasteiger partial charge >= 0.3 is 9.28 Å². The van der Waals surface area contributed by atoms with E-state index in [-0.39, 0.29) is 0 Å². The van der Waals surface area contributed by atoms with Crippen LogP contribution in [0, 0.1) is 0 Å². The smallest absolute Gasteiger partial charge is 0.324 e. The molecule has 0 spiro atoms. The van der Waals surface area contributed by atoms with Crippen molar-refractivity contribution in [1.29, 1.82) is 0 Å². The van der Waals surface area contributed by atoms with E-state index in [9.17, 15) is 0 Å². The Labute approximate surface area is 113 Å². The van der Waals surface area contributed by atoms with E-state index in [0.29, 0.717) is 11.5 Å². The summed E-state index contributed by atoms with van der Waals surface area (Å²) in [5, 5.41) is 0. The molecule has 0 radical (unpaired) electrons. The van der Waals surface area contributed by atoms with Crippen molar-refractivity contribution in [2.24, 2.45) is 0 Å². The van der Waals surface area contributed by atoms with E-state index in [1.54, 1.807) is 14.2 Å². The van der Waals surface area contributed by atoms with Crippen molar-refractivity contribution in [3.05, 3.63) is 35.9 Å². The fraction of sp³-hybridized carbons (Fsp3) is 0.600. The molecule has 0 saturated carbocycles. The molecule has 1 aromatic rings. The van der Waals surface area contributed by atoms with E-state index >= 15 is 0 Å². The third-order valence-corrected chi connectivity index (χ3v) is 6.21. The lowest BCUT2D eigenvalue weighted by molar-refractivity contribution is 0.255. The largest absolute Gasteiger partial charge is 0.400 e. The lowest BCUT2D eigenvalue weighted by atomic mass is 9.94. The summed E-state index contributed by atoms with van der Waals surface area (Å²) in [5.41, 5.74) is 1.94. The van der Waals surface area contributed by atoms with E-state index in [0.717, 1.165) is 0 Å². The van der Waals surface area contributed by atoms with Crippen LogP contribution in [0.3, 0.4) is 0 Å². The summed E-state index contributed by atoms with van der Waals surface area (Å²) in [6.07, 6.45) is 3.68. The standard InChI is InChI=1S/C15H26O2Si/c1-5-6-12-15(18(16-3)17-4)13(2)14-10-8-7-9-11-14/h7-11,13,15,18H,5-6,12H2,1-4H3. The van der Waals surface area contributed by atoms with Crippen LogP contribution in [0.25, 0.3) is 0 Å². The van der Waals surface area contributed by atoms with Crippen LogP contribution in [0.2, 0.25) is 5.54 Å². The SMILES string of the molecule is CCCCC(C(C)c1ccccc1)[SiH](OC)OC. The molecule has 0 amide bonds. The lowest BCUT2D eigenvalue weighted by Crippen LogP contribution is -2.29. The molecule has 0 aromatic heterocycles. The summed E-state index contributed by atoms with van der Waals surface area (Å²) in [6.45, 7) is 4.54. The van der Waals surface area contributed by atoms with Gasteiger partial charge in [-0.2, -0.15) is 0 Å². The van der Waals surface area contributed by atoms with Gasteiger partial charge in [0.2, 0.25) is 0 Å². The fourth-order valence-corrected chi connectivity index (χ4v) is 4.60. The Balaban J connectivity index is 2.81. The third-order valence-electron chi connectivity index (χ3n) is 3.67. The van der Waals surface area contributed by atoms with E-state index in [1.165, 1.54) is 24.8 Å². The molecule has 1 aromatic carbocycles. The maximum Gasteiger partial charge on any atom is 0.324 e. The van der Waals surface area contributed by atoms with Crippen molar-refractivity contribution in [2.75, 3.05) is 14.2 Å². The van der Waals surface area contributed by atoms with E-state index in [1.807, 2.05) is 0 Å². The van der Waals surface area contributed by atoms with Gasteiger partial charge in [0.05, 0.1) is 0 Å². The number of hydrogen-bond donors (Lipinski definition) is 0. The van der Waals surface area contributed by atoms with E-state index in [2.05, 4.69) is 44.2 Å². The second kappa shape index (κ2) is 8.46. The molecule has 2 nitrogen and oxygen atoms in total. The highest BCUT2D eigenvalue weighted by atomic mass is 28.3. The molecular formula is C15H26O2Si. The van der Waals surface area contributed by atoms with Crippen molar-refractivity contribution >= 4 is 9.28 Å². The second-order valence-electron chi connectivity index (χ2n) is 4.85. The number of hydrogen-bond acceptors (Lipinski definition) is 2. The zero-order chi connectivity index (χ0) is 13.4. The van der Waals surface area contributed by atoms with Gasteiger partial charge in [-0.05, 0) is 17.9 Å². The molecule has 102 valence electrons. The minimum absolute atomic E-state index is 0.509. The topological polar surface area (TPSA) is 18.5 Å². The number of unbranched alkanes of at least 4 members (excludes halogenated alkanes) is 1. The average Bonchev–Trinajstić information content (AvgIpc) is 2.43. The first kappa shape index (κ1) is 15.4. The summed E-state index contributed by atoms with van der Waals surface area (Å²) in [7, 11) is 2.01. The minimum atomic E-state index is -1.57. The molecule has 0 aliphatic carbocycles. The predicted octanol–water partition coefficient (Wildman–Crippen LogP) is 3.86. The Kier molecular flexibility index (Phi) is 7.24. The molecule has 0 N–H and O–H groups in total. The van der Waals surface area contributed by atoms with Crippen LogP contribution in [0.5, 0.6) is 0 Å². The van der Waals surface area contributed by atoms with Gasteiger partial charge in [0.25, 0.3) is 0 Å². The Hall–Kier alpha value is -0.643. The van der Waals surface area contributed by atoms with Crippen molar-refractivity contribution in [1.82, 2.24) is 0 Å². The van der Waals surface area contributed by atoms with Gasteiger partial charge in [0.15, 0.2) is 0 Å². The van der Waals surface area contributed by atoms with Crippen LogP contribution in [0.4, 0.5) is 0 Å². The molecule has 0 aliphatic rings. The number of rotatable bonds is 8. The Bertz CT molecular complexity index is 312. The minimum Gasteiger partial charge on any atom is -0.400 e. The highest BCUT2D eigenvalue weighted by Crippen LogP contribution is 2.35. The van der Waals surface area contributed by atoms with E-state index in [4.69, 9.17) is 8.85 Å². The highest BCUT2D eigenvalue weighted by molar-refractivity contribution is 6.46. The summed E-state index contributed by atoms with van der Waals surface area (Å²) in [6, 6.07) is 10.7. The van der Waals surface area contributed by atoms with Crippen LogP contribution in [-0.2, 0) is 8.85 Å². The molecule has 18 heavy (non-hydrogen) atoms. The van der Waals surface area contributed by atoms with Gasteiger partial charge < -0.3 is 8.85 Å². The highest BCUT2D eigenvalue weighted by Gasteiger charge is 2.29. The van der Waals surface area contributed by atoms with Crippen molar-refractivity contribution in [3.63, 3.8) is 0 Å². The monoisotopic (exact) mass is 266 g/mol. The van der Waals surface area contributed by atoms with Gasteiger partial charge in [0.1, 0.15) is 0 Å². The van der Waals surface area contributed by atoms with Crippen molar-refractivity contribution < 1.29 is 8.85 Å². The second-order valence-corrected chi connectivity index (χ2v) is 7.38. The Morgan fingerprint density at radius 2 is 1.72 bits per heavy atom. The van der Waals surface area contributed by atoms with Crippen molar-refractivity contribution in [3.8, 4) is 0 Å². The molecule has 0 bridgehead atoms. The van der Waals surface area contributed by atoms with Gasteiger partial charge in [-0.3, -0.25) is 0 Å². The molecule has 2 atom stereocenters. The molecular weight excluding hydrogens is 240 g/mol. The maximum atomic E-state index is 5.62. The summed E-state index contributed by atoms with van der Waals surface area (Å²) >= 11 is 0. The zero-order valence-electron chi connectivity index (χ0n) is 12.1. The summed E-state index contributed by atoms with van der Waals surface area (Å²) < 4.78 is 11.2. The number of benzene rings is 1. The molecule has 0 aliphatic heterocycles. The average molecular weight is 266 g/mol. The summed E-state index contributed by atoms with van der Waals surface area (Å²) in [4.78, 5) is 0. The van der Waals surface area contributed by atoms with Crippen LogP contribution in [0.1, 0.15) is 44.6 Å².